The molecule has 0 fully saturated rings. The van der Waals surface area contributed by atoms with Gasteiger partial charge in [0.25, 0.3) is 0 Å². The molecule has 1 aliphatic rings. The van der Waals surface area contributed by atoms with E-state index < -0.39 is 0 Å². The molecule has 0 radical (unpaired) electrons. The Kier molecular flexibility index (Phi) is 4.28. The largest absolute Gasteiger partial charge is 0.423 e. The molecule has 126 valence electrons. The Labute approximate surface area is 151 Å². The molecule has 0 unspecified atom stereocenters. The van der Waals surface area contributed by atoms with Gasteiger partial charge in [0.15, 0.2) is 0 Å². The number of ether oxygens (including phenoxy) is 1. The van der Waals surface area contributed by atoms with Crippen LogP contribution in [-0.2, 0) is 12.8 Å². The van der Waals surface area contributed by atoms with Crippen molar-refractivity contribution in [1.82, 2.24) is 0 Å². The number of hydrogen-bond acceptors (Lipinski definition) is 4. The minimum absolute atomic E-state index is 0.275. The second kappa shape index (κ2) is 6.73. The third-order valence-electron chi connectivity index (χ3n) is 4.50. The quantitative estimate of drug-likeness (QED) is 0.407. The van der Waals surface area contributed by atoms with Gasteiger partial charge in [-0.15, -0.1) is 11.3 Å². The standard InChI is InChI=1S/C21H19NO2S/c22-15-10-12-16(13-11-15)24-21(23)19-17-8-4-5-9-18(17)25-20(19)14-6-2-1-3-7-14/h1-3,6-7,10-13H,4-5,8-9,22H2. The van der Waals surface area contributed by atoms with Gasteiger partial charge in [0.05, 0.1) is 5.56 Å². The highest BCUT2D eigenvalue weighted by molar-refractivity contribution is 7.16. The van der Waals surface area contributed by atoms with Crippen LogP contribution in [0.3, 0.4) is 0 Å². The predicted molar refractivity (Wildman–Crippen MR) is 102 cm³/mol. The number of thiophene rings is 1. The molecule has 0 spiro atoms. The minimum atomic E-state index is -0.275. The molecule has 0 atom stereocenters. The highest BCUT2D eigenvalue weighted by atomic mass is 32.1. The van der Waals surface area contributed by atoms with E-state index in [1.165, 1.54) is 16.9 Å². The van der Waals surface area contributed by atoms with E-state index in [4.69, 9.17) is 10.5 Å². The molecule has 3 nitrogen and oxygen atoms in total. The molecule has 4 heteroatoms. The number of hydrogen-bond donors (Lipinski definition) is 1. The number of carbonyl (C=O) groups is 1. The lowest BCUT2D eigenvalue weighted by Gasteiger charge is -2.13. The summed E-state index contributed by atoms with van der Waals surface area (Å²) in [4.78, 5) is 15.3. The topological polar surface area (TPSA) is 52.3 Å². The minimum Gasteiger partial charge on any atom is -0.423 e. The second-order valence-electron chi connectivity index (χ2n) is 6.24. The number of esters is 1. The number of aryl methyl sites for hydroxylation is 1. The normalized spacial score (nSPS) is 13.3. The number of nitrogens with two attached hydrogens (primary N) is 1. The van der Waals surface area contributed by atoms with E-state index in [0.717, 1.165) is 35.3 Å². The Morgan fingerprint density at radius 1 is 0.960 bits per heavy atom. The summed E-state index contributed by atoms with van der Waals surface area (Å²) in [6, 6.07) is 17.0. The van der Waals surface area contributed by atoms with E-state index >= 15 is 0 Å². The van der Waals surface area contributed by atoms with Crippen LogP contribution in [0.5, 0.6) is 5.75 Å². The SMILES string of the molecule is Nc1ccc(OC(=O)c2c(-c3ccccc3)sc3c2CCCC3)cc1. The average molecular weight is 349 g/mol. The number of fused-ring (bicyclic) bond motifs is 1. The van der Waals surface area contributed by atoms with E-state index in [0.29, 0.717) is 11.4 Å². The van der Waals surface area contributed by atoms with Gasteiger partial charge >= 0.3 is 5.97 Å². The molecule has 1 heterocycles. The number of rotatable bonds is 3. The molecule has 0 aliphatic heterocycles. The van der Waals surface area contributed by atoms with Crippen LogP contribution in [0.15, 0.2) is 54.6 Å². The average Bonchev–Trinajstić information content (AvgIpc) is 3.04. The zero-order valence-corrected chi connectivity index (χ0v) is 14.6. The van der Waals surface area contributed by atoms with Crippen molar-refractivity contribution in [2.24, 2.45) is 0 Å². The van der Waals surface area contributed by atoms with Gasteiger partial charge in [-0.25, -0.2) is 4.79 Å². The molecule has 2 aromatic carbocycles. The lowest BCUT2D eigenvalue weighted by molar-refractivity contribution is 0.0734. The van der Waals surface area contributed by atoms with Crippen LogP contribution in [-0.4, -0.2) is 5.97 Å². The molecule has 0 saturated heterocycles. The molecular weight excluding hydrogens is 330 g/mol. The second-order valence-corrected chi connectivity index (χ2v) is 7.34. The van der Waals surface area contributed by atoms with E-state index in [2.05, 4.69) is 12.1 Å². The van der Waals surface area contributed by atoms with Crippen LogP contribution in [0, 0.1) is 0 Å². The fourth-order valence-corrected chi connectivity index (χ4v) is 4.65. The van der Waals surface area contributed by atoms with E-state index in [-0.39, 0.29) is 5.97 Å². The smallest absolute Gasteiger partial charge is 0.345 e. The Balaban J connectivity index is 1.75. The first-order valence-electron chi connectivity index (χ1n) is 8.50. The maximum Gasteiger partial charge on any atom is 0.345 e. The van der Waals surface area contributed by atoms with Gasteiger partial charge in [-0.05, 0) is 61.1 Å². The van der Waals surface area contributed by atoms with Crippen LogP contribution >= 0.6 is 11.3 Å². The summed E-state index contributed by atoms with van der Waals surface area (Å²) in [5, 5.41) is 0. The summed E-state index contributed by atoms with van der Waals surface area (Å²) in [5.41, 5.74) is 9.35. The maximum absolute atomic E-state index is 13.0. The summed E-state index contributed by atoms with van der Waals surface area (Å²) >= 11 is 1.74. The molecule has 3 aromatic rings. The zero-order chi connectivity index (χ0) is 17.2. The van der Waals surface area contributed by atoms with Crippen molar-refractivity contribution >= 4 is 23.0 Å². The molecule has 2 N–H and O–H groups in total. The molecule has 4 rings (SSSR count). The molecule has 0 saturated carbocycles. The number of benzene rings is 2. The third kappa shape index (κ3) is 3.17. The first kappa shape index (κ1) is 15.9. The maximum atomic E-state index is 13.0. The molecule has 0 bridgehead atoms. The Bertz CT molecular complexity index is 898. The van der Waals surface area contributed by atoms with Crippen molar-refractivity contribution in [3.63, 3.8) is 0 Å². The van der Waals surface area contributed by atoms with Gasteiger partial charge in [0.2, 0.25) is 0 Å². The first-order chi connectivity index (χ1) is 12.2. The lowest BCUT2D eigenvalue weighted by atomic mass is 9.94. The summed E-state index contributed by atoms with van der Waals surface area (Å²) in [6.07, 6.45) is 4.31. The summed E-state index contributed by atoms with van der Waals surface area (Å²) in [7, 11) is 0. The highest BCUT2D eigenvalue weighted by Crippen LogP contribution is 2.40. The van der Waals surface area contributed by atoms with Crippen LogP contribution in [0.2, 0.25) is 0 Å². The van der Waals surface area contributed by atoms with Gasteiger partial charge in [-0.2, -0.15) is 0 Å². The Hall–Kier alpha value is -2.59. The van der Waals surface area contributed by atoms with Crippen molar-refractivity contribution in [3.8, 4) is 16.2 Å². The number of anilines is 1. The fourth-order valence-electron chi connectivity index (χ4n) is 3.27. The summed E-state index contributed by atoms with van der Waals surface area (Å²) in [6.45, 7) is 0. The summed E-state index contributed by atoms with van der Waals surface area (Å²) < 4.78 is 5.65. The van der Waals surface area contributed by atoms with Crippen molar-refractivity contribution in [1.29, 1.82) is 0 Å². The first-order valence-corrected chi connectivity index (χ1v) is 9.31. The molecular formula is C21H19NO2S. The van der Waals surface area contributed by atoms with Crippen molar-refractivity contribution < 1.29 is 9.53 Å². The van der Waals surface area contributed by atoms with Crippen molar-refractivity contribution in [2.75, 3.05) is 5.73 Å². The highest BCUT2D eigenvalue weighted by Gasteiger charge is 2.27. The van der Waals surface area contributed by atoms with Crippen LogP contribution in [0.1, 0.15) is 33.6 Å². The van der Waals surface area contributed by atoms with Gasteiger partial charge < -0.3 is 10.5 Å². The zero-order valence-electron chi connectivity index (χ0n) is 13.8. The van der Waals surface area contributed by atoms with Crippen LogP contribution in [0.25, 0.3) is 10.4 Å². The Morgan fingerprint density at radius 3 is 2.44 bits per heavy atom. The monoisotopic (exact) mass is 349 g/mol. The molecule has 1 aromatic heterocycles. The molecule has 0 amide bonds. The molecule has 1 aliphatic carbocycles. The molecule has 25 heavy (non-hydrogen) atoms. The number of carbonyl (C=O) groups excluding carboxylic acids is 1. The van der Waals surface area contributed by atoms with Crippen molar-refractivity contribution in [2.45, 2.75) is 25.7 Å². The van der Waals surface area contributed by atoms with E-state index in [1.807, 2.05) is 18.2 Å². The van der Waals surface area contributed by atoms with Crippen LogP contribution in [0.4, 0.5) is 5.69 Å². The predicted octanol–water partition coefficient (Wildman–Crippen LogP) is 5.10. The number of nitrogen functional groups attached to an aromatic ring is 1. The van der Waals surface area contributed by atoms with Gasteiger partial charge in [-0.3, -0.25) is 0 Å². The fraction of sp³-hybridized carbons (Fsp3) is 0.190. The lowest BCUT2D eigenvalue weighted by Crippen LogP contribution is -2.13. The Morgan fingerprint density at radius 2 is 1.68 bits per heavy atom. The van der Waals surface area contributed by atoms with Gasteiger partial charge in [-0.1, -0.05) is 30.3 Å². The van der Waals surface area contributed by atoms with Crippen molar-refractivity contribution in [3.05, 3.63) is 70.6 Å². The van der Waals surface area contributed by atoms with Gasteiger partial charge in [0, 0.05) is 15.4 Å². The third-order valence-corrected chi connectivity index (χ3v) is 5.84. The van der Waals surface area contributed by atoms with E-state index in [9.17, 15) is 4.79 Å². The van der Waals surface area contributed by atoms with Gasteiger partial charge in [0.1, 0.15) is 5.75 Å². The summed E-state index contributed by atoms with van der Waals surface area (Å²) in [5.74, 6) is 0.247. The van der Waals surface area contributed by atoms with Crippen LogP contribution < -0.4 is 10.5 Å². The van der Waals surface area contributed by atoms with E-state index in [1.54, 1.807) is 35.6 Å².